The highest BCUT2D eigenvalue weighted by Gasteiger charge is 2.32. The van der Waals surface area contributed by atoms with Gasteiger partial charge in [-0.1, -0.05) is 11.6 Å². The molecule has 0 radical (unpaired) electrons. The number of rotatable bonds is 3. The normalized spacial score (nSPS) is 11.3. The first-order valence-electron chi connectivity index (χ1n) is 6.97. The number of halogens is 4. The number of carboxylic acids is 1. The van der Waals surface area contributed by atoms with E-state index in [0.29, 0.717) is 16.7 Å². The molecule has 0 unspecified atom stereocenters. The highest BCUT2D eigenvalue weighted by molar-refractivity contribution is 6.32. The number of hydrogen-bond acceptors (Lipinski definition) is 3. The maximum Gasteiger partial charge on any atom is 0.573 e. The molecule has 5 nitrogen and oxygen atoms in total. The van der Waals surface area contributed by atoms with Crippen LogP contribution in [0.4, 0.5) is 13.2 Å². The van der Waals surface area contributed by atoms with Crippen LogP contribution in [-0.2, 0) is 0 Å². The Labute approximate surface area is 149 Å². The molecule has 1 N–H and O–H groups in total. The van der Waals surface area contributed by atoms with Gasteiger partial charge in [0.15, 0.2) is 5.82 Å². The lowest BCUT2D eigenvalue weighted by atomic mass is 10.2. The Kier molecular flexibility index (Phi) is 4.26. The summed E-state index contributed by atoms with van der Waals surface area (Å²) in [4.78, 5) is 15.4. The lowest BCUT2D eigenvalue weighted by molar-refractivity contribution is -0.274. The number of hydrogen-bond donors (Lipinski definition) is 1. The van der Waals surface area contributed by atoms with E-state index in [2.05, 4.69) is 15.6 Å². The summed E-state index contributed by atoms with van der Waals surface area (Å²) < 4.78 is 42.3. The van der Waals surface area contributed by atoms with Gasteiger partial charge in [0, 0.05) is 0 Å². The summed E-state index contributed by atoms with van der Waals surface area (Å²) in [5.74, 6) is 0.783. The minimum Gasteiger partial charge on any atom is -0.478 e. The Bertz CT molecular complexity index is 1070. The number of alkyl halides is 3. The first kappa shape index (κ1) is 17.6. The van der Waals surface area contributed by atoms with Gasteiger partial charge >= 0.3 is 12.3 Å². The van der Waals surface area contributed by atoms with Crippen molar-refractivity contribution in [2.45, 2.75) is 6.36 Å². The van der Waals surface area contributed by atoms with E-state index in [1.807, 2.05) is 0 Å². The van der Waals surface area contributed by atoms with Crippen LogP contribution < -0.4 is 4.74 Å². The SMILES string of the molecule is C#Cc1nc2ccc(C(=O)O)cc2n1-c1ccc(OC(F)(F)F)c(Cl)c1. The molecule has 0 bridgehead atoms. The summed E-state index contributed by atoms with van der Waals surface area (Å²) in [6, 6.07) is 7.78. The van der Waals surface area contributed by atoms with E-state index in [1.165, 1.54) is 34.9 Å². The molecule has 0 aliphatic rings. The topological polar surface area (TPSA) is 64.3 Å². The van der Waals surface area contributed by atoms with Crippen molar-refractivity contribution >= 4 is 28.6 Å². The maximum atomic E-state index is 12.4. The smallest absolute Gasteiger partial charge is 0.478 e. The van der Waals surface area contributed by atoms with Crippen LogP contribution in [0.3, 0.4) is 0 Å². The van der Waals surface area contributed by atoms with E-state index in [-0.39, 0.29) is 16.4 Å². The van der Waals surface area contributed by atoms with Crippen molar-refractivity contribution in [1.29, 1.82) is 0 Å². The highest BCUT2D eigenvalue weighted by atomic mass is 35.5. The molecule has 0 saturated carbocycles. The van der Waals surface area contributed by atoms with Gasteiger partial charge in [-0.2, -0.15) is 0 Å². The number of aromatic nitrogens is 2. The zero-order valence-electron chi connectivity index (χ0n) is 12.7. The summed E-state index contributed by atoms with van der Waals surface area (Å²) >= 11 is 5.88. The average Bonchev–Trinajstić information content (AvgIpc) is 2.93. The van der Waals surface area contributed by atoms with Crippen molar-refractivity contribution in [2.24, 2.45) is 0 Å². The zero-order valence-corrected chi connectivity index (χ0v) is 13.5. The van der Waals surface area contributed by atoms with Crippen molar-refractivity contribution in [1.82, 2.24) is 9.55 Å². The summed E-state index contributed by atoms with van der Waals surface area (Å²) in [7, 11) is 0. The number of ether oxygens (including phenoxy) is 1. The molecule has 3 aromatic rings. The Hall–Kier alpha value is -3.18. The summed E-state index contributed by atoms with van der Waals surface area (Å²) in [6.45, 7) is 0. The van der Waals surface area contributed by atoms with E-state index >= 15 is 0 Å². The second-order valence-electron chi connectivity index (χ2n) is 5.09. The molecular weight excluding hydrogens is 373 g/mol. The fraction of sp³-hybridized carbons (Fsp3) is 0.0588. The zero-order chi connectivity index (χ0) is 19.1. The minimum absolute atomic E-state index is 0.00495. The van der Waals surface area contributed by atoms with Crippen molar-refractivity contribution in [2.75, 3.05) is 0 Å². The first-order chi connectivity index (χ1) is 12.2. The third-order valence-electron chi connectivity index (χ3n) is 3.43. The maximum absolute atomic E-state index is 12.4. The van der Waals surface area contributed by atoms with Crippen LogP contribution in [0.15, 0.2) is 36.4 Å². The molecule has 1 heterocycles. The molecule has 0 aliphatic heterocycles. The number of nitrogens with zero attached hydrogens (tertiary/aromatic N) is 2. The fourth-order valence-electron chi connectivity index (χ4n) is 2.40. The van der Waals surface area contributed by atoms with Crippen LogP contribution >= 0.6 is 11.6 Å². The molecule has 0 saturated heterocycles. The number of imidazole rings is 1. The second-order valence-corrected chi connectivity index (χ2v) is 5.49. The van der Waals surface area contributed by atoms with Gasteiger partial charge in [0.25, 0.3) is 0 Å². The molecule has 0 fully saturated rings. The standard InChI is InChI=1S/C17H8ClF3N2O3/c1-2-15-22-12-5-3-9(16(24)25)7-13(12)23(15)10-4-6-14(11(18)8-10)26-17(19,20)21/h1,3-8H,(H,24,25). The number of carbonyl (C=O) groups is 1. The molecule has 3 rings (SSSR count). The van der Waals surface area contributed by atoms with Crippen LogP contribution in [0.25, 0.3) is 16.7 Å². The second kappa shape index (κ2) is 6.28. The Morgan fingerprint density at radius 1 is 1.27 bits per heavy atom. The van der Waals surface area contributed by atoms with Gasteiger partial charge in [0.05, 0.1) is 27.3 Å². The van der Waals surface area contributed by atoms with E-state index in [0.717, 1.165) is 6.07 Å². The predicted octanol–water partition coefficient (Wildman–Crippen LogP) is 4.26. The minimum atomic E-state index is -4.88. The van der Waals surface area contributed by atoms with Gasteiger partial charge in [-0.15, -0.1) is 19.6 Å². The lowest BCUT2D eigenvalue weighted by Crippen LogP contribution is -2.17. The summed E-state index contributed by atoms with van der Waals surface area (Å²) in [5, 5.41) is 8.85. The predicted molar refractivity (Wildman–Crippen MR) is 87.7 cm³/mol. The number of aromatic carboxylic acids is 1. The van der Waals surface area contributed by atoms with E-state index < -0.39 is 18.1 Å². The van der Waals surface area contributed by atoms with E-state index in [4.69, 9.17) is 23.1 Å². The van der Waals surface area contributed by atoms with Gasteiger partial charge in [-0.25, -0.2) is 9.78 Å². The molecule has 0 amide bonds. The lowest BCUT2D eigenvalue weighted by Gasteiger charge is -2.12. The van der Waals surface area contributed by atoms with E-state index in [1.54, 1.807) is 0 Å². The molecule has 2 aromatic carbocycles. The quantitative estimate of drug-likeness (QED) is 0.690. The van der Waals surface area contributed by atoms with Crippen molar-refractivity contribution < 1.29 is 27.8 Å². The van der Waals surface area contributed by atoms with Crippen LogP contribution in [0.1, 0.15) is 16.2 Å². The van der Waals surface area contributed by atoms with Gasteiger partial charge in [0.1, 0.15) is 5.75 Å². The number of carboxylic acid groups (broad SMARTS) is 1. The molecule has 9 heteroatoms. The first-order valence-corrected chi connectivity index (χ1v) is 7.35. The van der Waals surface area contributed by atoms with E-state index in [9.17, 15) is 18.0 Å². The van der Waals surface area contributed by atoms with Crippen LogP contribution in [0, 0.1) is 12.3 Å². The fourth-order valence-corrected chi connectivity index (χ4v) is 2.62. The molecule has 1 aromatic heterocycles. The van der Waals surface area contributed by atoms with Crippen LogP contribution in [-0.4, -0.2) is 27.0 Å². The van der Waals surface area contributed by atoms with Gasteiger partial charge < -0.3 is 9.84 Å². The summed E-state index contributed by atoms with van der Waals surface area (Å²) in [6.07, 6.45) is 0.563. The number of benzene rings is 2. The van der Waals surface area contributed by atoms with Crippen molar-refractivity contribution in [3.05, 3.63) is 52.8 Å². The molecule has 132 valence electrons. The Morgan fingerprint density at radius 2 is 2.00 bits per heavy atom. The van der Waals surface area contributed by atoms with Gasteiger partial charge in [-0.05, 0) is 42.3 Å². The molecule has 26 heavy (non-hydrogen) atoms. The summed E-state index contributed by atoms with van der Waals surface area (Å²) in [5.41, 5.74) is 1.11. The monoisotopic (exact) mass is 380 g/mol. The Balaban J connectivity index is 2.18. The van der Waals surface area contributed by atoms with Crippen LogP contribution in [0.5, 0.6) is 5.75 Å². The average molecular weight is 381 g/mol. The van der Waals surface area contributed by atoms with Gasteiger partial charge in [0.2, 0.25) is 0 Å². The highest BCUT2D eigenvalue weighted by Crippen LogP contribution is 2.33. The largest absolute Gasteiger partial charge is 0.573 e. The van der Waals surface area contributed by atoms with Crippen molar-refractivity contribution in [3.8, 4) is 23.8 Å². The van der Waals surface area contributed by atoms with Crippen LogP contribution in [0.2, 0.25) is 5.02 Å². The molecule has 0 atom stereocenters. The third kappa shape index (κ3) is 3.30. The van der Waals surface area contributed by atoms with Gasteiger partial charge in [-0.3, -0.25) is 4.57 Å². The molecule has 0 spiro atoms. The third-order valence-corrected chi connectivity index (χ3v) is 3.73. The molecular formula is C17H8ClF3N2O3. The Morgan fingerprint density at radius 3 is 2.58 bits per heavy atom. The number of terminal acetylenes is 1. The number of fused-ring (bicyclic) bond motifs is 1. The van der Waals surface area contributed by atoms with Crippen molar-refractivity contribution in [3.63, 3.8) is 0 Å². The molecule has 0 aliphatic carbocycles.